The van der Waals surface area contributed by atoms with Gasteiger partial charge in [-0.15, -0.1) is 11.3 Å². The summed E-state index contributed by atoms with van der Waals surface area (Å²) in [5.74, 6) is -0.190. The van der Waals surface area contributed by atoms with Crippen LogP contribution in [-0.2, 0) is 27.5 Å². The van der Waals surface area contributed by atoms with E-state index in [1.165, 1.54) is 29.0 Å². The Hall–Kier alpha value is -2.51. The number of nitrogens with zero attached hydrogens (tertiary/aromatic N) is 1. The molecule has 1 N–H and O–H groups in total. The molecule has 1 heterocycles. The molecule has 3 rings (SSSR count). The van der Waals surface area contributed by atoms with Crippen LogP contribution in [0.25, 0.3) is 11.3 Å². The molecule has 27 heavy (non-hydrogen) atoms. The minimum absolute atomic E-state index is 0.157. The lowest BCUT2D eigenvalue weighted by Crippen LogP contribution is -2.14. The summed E-state index contributed by atoms with van der Waals surface area (Å²) in [4.78, 5) is 16.9. The van der Waals surface area contributed by atoms with Gasteiger partial charge in [0.15, 0.2) is 15.0 Å². The molecule has 3 aromatic rings. The van der Waals surface area contributed by atoms with Crippen molar-refractivity contribution in [3.63, 3.8) is 0 Å². The minimum Gasteiger partial charge on any atom is -0.302 e. The van der Waals surface area contributed by atoms with Crippen molar-refractivity contribution >= 4 is 32.2 Å². The van der Waals surface area contributed by atoms with E-state index in [2.05, 4.69) is 29.4 Å². The summed E-state index contributed by atoms with van der Waals surface area (Å²) in [6.07, 6.45) is 2.30. The highest BCUT2D eigenvalue weighted by molar-refractivity contribution is 7.90. The fourth-order valence-electron chi connectivity index (χ4n) is 2.58. The minimum atomic E-state index is -3.23. The molecule has 0 bridgehead atoms. The first-order valence-electron chi connectivity index (χ1n) is 8.49. The lowest BCUT2D eigenvalue weighted by Gasteiger charge is -2.04. The number of hydrogen-bond donors (Lipinski definition) is 1. The molecule has 0 aliphatic rings. The van der Waals surface area contributed by atoms with Crippen LogP contribution in [-0.4, -0.2) is 25.6 Å². The number of anilines is 1. The maximum absolute atomic E-state index is 12.2. The highest BCUT2D eigenvalue weighted by Crippen LogP contribution is 2.25. The van der Waals surface area contributed by atoms with Crippen molar-refractivity contribution in [3.05, 3.63) is 65.0 Å². The quantitative estimate of drug-likeness (QED) is 0.680. The molecular formula is C20H20N2O3S2. The summed E-state index contributed by atoms with van der Waals surface area (Å²) in [6.45, 7) is 2.11. The van der Waals surface area contributed by atoms with Gasteiger partial charge in [-0.25, -0.2) is 13.4 Å². The summed E-state index contributed by atoms with van der Waals surface area (Å²) < 4.78 is 23.0. The average Bonchev–Trinajstić information content (AvgIpc) is 3.09. The Morgan fingerprint density at radius 3 is 2.26 bits per heavy atom. The standard InChI is InChI=1S/C20H20N2O3S2/c1-3-14-4-8-16(9-5-14)18-13-26-20(21-18)22-19(23)12-15-6-10-17(11-7-15)27(2,24)25/h4-11,13H,3,12H2,1-2H3,(H,21,22,23). The second-order valence-corrected chi connectivity index (χ2v) is 9.10. The van der Waals surface area contributed by atoms with E-state index in [-0.39, 0.29) is 17.2 Å². The highest BCUT2D eigenvalue weighted by Gasteiger charge is 2.11. The molecule has 1 amide bonds. The van der Waals surface area contributed by atoms with E-state index in [9.17, 15) is 13.2 Å². The lowest BCUT2D eigenvalue weighted by atomic mass is 10.1. The van der Waals surface area contributed by atoms with Gasteiger partial charge in [0.2, 0.25) is 5.91 Å². The number of nitrogens with one attached hydrogen (secondary N) is 1. The zero-order chi connectivity index (χ0) is 19.4. The molecule has 0 saturated carbocycles. The van der Waals surface area contributed by atoms with Crippen LogP contribution in [0, 0.1) is 0 Å². The van der Waals surface area contributed by atoms with E-state index in [1.807, 2.05) is 17.5 Å². The number of aromatic nitrogens is 1. The van der Waals surface area contributed by atoms with E-state index in [0.29, 0.717) is 5.13 Å². The Balaban J connectivity index is 1.63. The van der Waals surface area contributed by atoms with Gasteiger partial charge in [0.05, 0.1) is 17.0 Å². The highest BCUT2D eigenvalue weighted by atomic mass is 32.2. The van der Waals surface area contributed by atoms with Crippen molar-refractivity contribution < 1.29 is 13.2 Å². The molecule has 1 aromatic heterocycles. The molecule has 0 atom stereocenters. The normalized spacial score (nSPS) is 11.3. The van der Waals surface area contributed by atoms with Crippen molar-refractivity contribution in [1.82, 2.24) is 4.98 Å². The molecule has 0 aliphatic carbocycles. The zero-order valence-electron chi connectivity index (χ0n) is 15.1. The monoisotopic (exact) mass is 400 g/mol. The number of thiazole rings is 1. The van der Waals surface area contributed by atoms with Crippen LogP contribution in [0.1, 0.15) is 18.1 Å². The van der Waals surface area contributed by atoms with Crippen molar-refractivity contribution in [3.8, 4) is 11.3 Å². The molecular weight excluding hydrogens is 380 g/mol. The predicted molar refractivity (Wildman–Crippen MR) is 109 cm³/mol. The summed E-state index contributed by atoms with van der Waals surface area (Å²) >= 11 is 1.38. The molecule has 0 aliphatic heterocycles. The summed E-state index contributed by atoms with van der Waals surface area (Å²) in [6, 6.07) is 14.5. The third kappa shape index (κ3) is 5.02. The number of rotatable bonds is 6. The fourth-order valence-corrected chi connectivity index (χ4v) is 3.94. The van der Waals surface area contributed by atoms with Gasteiger partial charge < -0.3 is 5.32 Å². The van der Waals surface area contributed by atoms with Crippen LogP contribution < -0.4 is 5.32 Å². The summed E-state index contributed by atoms with van der Waals surface area (Å²) in [7, 11) is -3.23. The van der Waals surface area contributed by atoms with Crippen molar-refractivity contribution in [2.45, 2.75) is 24.7 Å². The van der Waals surface area contributed by atoms with E-state index in [4.69, 9.17) is 0 Å². The van der Waals surface area contributed by atoms with Gasteiger partial charge in [0.1, 0.15) is 0 Å². The van der Waals surface area contributed by atoms with Crippen LogP contribution in [0.2, 0.25) is 0 Å². The Morgan fingerprint density at radius 1 is 1.04 bits per heavy atom. The summed E-state index contributed by atoms with van der Waals surface area (Å²) in [5.41, 5.74) is 3.85. The number of aryl methyl sites for hydroxylation is 1. The zero-order valence-corrected chi connectivity index (χ0v) is 16.7. The molecule has 0 fully saturated rings. The number of carbonyl (C=O) groups is 1. The molecule has 5 nitrogen and oxygen atoms in total. The number of benzene rings is 2. The average molecular weight is 401 g/mol. The van der Waals surface area contributed by atoms with Gasteiger partial charge in [-0.3, -0.25) is 4.79 Å². The number of amides is 1. The van der Waals surface area contributed by atoms with Gasteiger partial charge in [-0.2, -0.15) is 0 Å². The molecule has 0 spiro atoms. The maximum atomic E-state index is 12.2. The Bertz CT molecular complexity index is 1040. The topological polar surface area (TPSA) is 76.1 Å². The van der Waals surface area contributed by atoms with E-state index >= 15 is 0 Å². The van der Waals surface area contributed by atoms with Gasteiger partial charge >= 0.3 is 0 Å². The second kappa shape index (κ2) is 8.02. The molecule has 7 heteroatoms. The second-order valence-electron chi connectivity index (χ2n) is 6.23. The molecule has 0 unspecified atom stereocenters. The first-order valence-corrected chi connectivity index (χ1v) is 11.3. The van der Waals surface area contributed by atoms with Gasteiger partial charge in [-0.1, -0.05) is 43.3 Å². The third-order valence-electron chi connectivity index (χ3n) is 4.12. The largest absolute Gasteiger partial charge is 0.302 e. The molecule has 0 saturated heterocycles. The lowest BCUT2D eigenvalue weighted by molar-refractivity contribution is -0.115. The van der Waals surface area contributed by atoms with Crippen LogP contribution in [0.15, 0.2) is 58.8 Å². The van der Waals surface area contributed by atoms with Gasteiger partial charge in [0, 0.05) is 17.2 Å². The van der Waals surface area contributed by atoms with E-state index < -0.39 is 9.84 Å². The van der Waals surface area contributed by atoms with E-state index in [1.54, 1.807) is 12.1 Å². The third-order valence-corrected chi connectivity index (χ3v) is 6.01. The van der Waals surface area contributed by atoms with E-state index in [0.717, 1.165) is 29.5 Å². The number of carbonyl (C=O) groups excluding carboxylic acids is 1. The Kier molecular flexibility index (Phi) is 5.72. The maximum Gasteiger partial charge on any atom is 0.230 e. The predicted octanol–water partition coefficient (Wildman–Crippen LogP) is 3.96. The van der Waals surface area contributed by atoms with Crippen LogP contribution in [0.3, 0.4) is 0 Å². The fraction of sp³-hybridized carbons (Fsp3) is 0.200. The van der Waals surface area contributed by atoms with Crippen molar-refractivity contribution in [1.29, 1.82) is 0 Å². The SMILES string of the molecule is CCc1ccc(-c2csc(NC(=O)Cc3ccc(S(C)(=O)=O)cc3)n2)cc1. The van der Waals surface area contributed by atoms with Crippen LogP contribution in [0.5, 0.6) is 0 Å². The van der Waals surface area contributed by atoms with Gasteiger partial charge in [-0.05, 0) is 29.7 Å². The molecule has 140 valence electrons. The Labute approximate surface area is 163 Å². The smallest absolute Gasteiger partial charge is 0.230 e. The first kappa shape index (κ1) is 19.3. The van der Waals surface area contributed by atoms with Gasteiger partial charge in [0.25, 0.3) is 0 Å². The van der Waals surface area contributed by atoms with Crippen molar-refractivity contribution in [2.24, 2.45) is 0 Å². The Morgan fingerprint density at radius 2 is 1.67 bits per heavy atom. The van der Waals surface area contributed by atoms with Crippen molar-refractivity contribution in [2.75, 3.05) is 11.6 Å². The number of hydrogen-bond acceptors (Lipinski definition) is 5. The first-order chi connectivity index (χ1) is 12.8. The van der Waals surface area contributed by atoms with Crippen LogP contribution >= 0.6 is 11.3 Å². The number of sulfone groups is 1. The molecule has 0 radical (unpaired) electrons. The van der Waals surface area contributed by atoms with Crippen LogP contribution in [0.4, 0.5) is 5.13 Å². The summed E-state index contributed by atoms with van der Waals surface area (Å²) in [5, 5.41) is 5.26. The molecule has 2 aromatic carbocycles.